The van der Waals surface area contributed by atoms with Gasteiger partial charge in [-0.1, -0.05) is 6.07 Å². The third kappa shape index (κ3) is 2.64. The second-order valence-electron chi connectivity index (χ2n) is 3.42. The van der Waals surface area contributed by atoms with Gasteiger partial charge >= 0.3 is 0 Å². The Bertz CT molecular complexity index is 383. The first-order valence-electron chi connectivity index (χ1n) is 4.99. The van der Waals surface area contributed by atoms with Crippen molar-refractivity contribution in [2.24, 2.45) is 0 Å². The van der Waals surface area contributed by atoms with Crippen molar-refractivity contribution in [3.63, 3.8) is 0 Å². The highest BCUT2D eigenvalue weighted by atomic mass is 32.1. The monoisotopic (exact) mass is 218 g/mol. The van der Waals surface area contributed by atoms with Crippen molar-refractivity contribution < 1.29 is 0 Å². The van der Waals surface area contributed by atoms with Crippen molar-refractivity contribution >= 4 is 11.3 Å². The predicted octanol–water partition coefficient (Wildman–Crippen LogP) is 2.65. The van der Waals surface area contributed by atoms with Crippen LogP contribution in [0.25, 0.3) is 0 Å². The second-order valence-corrected chi connectivity index (χ2v) is 4.20. The van der Waals surface area contributed by atoms with Gasteiger partial charge in [0.25, 0.3) is 0 Å². The van der Waals surface area contributed by atoms with Crippen molar-refractivity contribution in [2.45, 2.75) is 12.5 Å². The predicted molar refractivity (Wildman–Crippen MR) is 64.1 cm³/mol. The normalized spacial score (nSPS) is 12.6. The van der Waals surface area contributed by atoms with Crippen LogP contribution in [0.3, 0.4) is 0 Å². The molecule has 0 saturated heterocycles. The van der Waals surface area contributed by atoms with E-state index in [9.17, 15) is 0 Å². The van der Waals surface area contributed by atoms with E-state index in [1.54, 1.807) is 11.3 Å². The minimum absolute atomic E-state index is 0.367. The molecule has 0 spiro atoms. The van der Waals surface area contributed by atoms with Crippen molar-refractivity contribution in [1.82, 2.24) is 10.3 Å². The van der Waals surface area contributed by atoms with Gasteiger partial charge < -0.3 is 5.32 Å². The number of nitrogens with one attached hydrogen (secondary N) is 1. The average molecular weight is 218 g/mol. The van der Waals surface area contributed by atoms with E-state index in [1.165, 1.54) is 5.56 Å². The van der Waals surface area contributed by atoms with Gasteiger partial charge in [0.2, 0.25) is 0 Å². The van der Waals surface area contributed by atoms with Crippen molar-refractivity contribution in [1.29, 1.82) is 0 Å². The molecule has 3 heteroatoms. The zero-order chi connectivity index (χ0) is 10.5. The third-order valence-electron chi connectivity index (χ3n) is 2.43. The lowest BCUT2D eigenvalue weighted by Crippen LogP contribution is -2.18. The molecule has 1 atom stereocenters. The molecular formula is C12H14N2S. The third-order valence-corrected chi connectivity index (χ3v) is 3.13. The van der Waals surface area contributed by atoms with Crippen LogP contribution in [0.4, 0.5) is 0 Å². The maximum Gasteiger partial charge on any atom is 0.0422 e. The van der Waals surface area contributed by atoms with Crippen LogP contribution in [-0.2, 0) is 6.42 Å². The summed E-state index contributed by atoms with van der Waals surface area (Å²) in [4.78, 5) is 4.34. The molecule has 2 aromatic rings. The smallest absolute Gasteiger partial charge is 0.0422 e. The Morgan fingerprint density at radius 1 is 1.40 bits per heavy atom. The van der Waals surface area contributed by atoms with E-state index in [2.05, 4.69) is 33.2 Å². The summed E-state index contributed by atoms with van der Waals surface area (Å²) in [5.74, 6) is 0. The first kappa shape index (κ1) is 10.3. The molecule has 0 bridgehead atoms. The molecule has 0 radical (unpaired) electrons. The van der Waals surface area contributed by atoms with Crippen LogP contribution in [0.2, 0.25) is 0 Å². The van der Waals surface area contributed by atoms with E-state index in [4.69, 9.17) is 0 Å². The minimum Gasteiger partial charge on any atom is -0.313 e. The van der Waals surface area contributed by atoms with E-state index in [-0.39, 0.29) is 0 Å². The largest absolute Gasteiger partial charge is 0.313 e. The molecule has 0 aliphatic rings. The zero-order valence-corrected chi connectivity index (χ0v) is 9.50. The fourth-order valence-electron chi connectivity index (χ4n) is 1.59. The van der Waals surface area contributed by atoms with Crippen molar-refractivity contribution in [3.8, 4) is 0 Å². The number of likely N-dealkylation sites (N-methyl/N-ethyl adjacent to an activating group) is 1. The summed E-state index contributed by atoms with van der Waals surface area (Å²) >= 11 is 1.73. The standard InChI is InChI=1S/C12H14N2S/c1-13-12(10-5-7-15-9-10)8-11-4-2-3-6-14-11/h2-7,9,12-13H,8H2,1H3. The van der Waals surface area contributed by atoms with Gasteiger partial charge in [-0.05, 0) is 41.6 Å². The van der Waals surface area contributed by atoms with Gasteiger partial charge in [-0.2, -0.15) is 11.3 Å². The summed E-state index contributed by atoms with van der Waals surface area (Å²) in [5.41, 5.74) is 2.47. The number of hydrogen-bond donors (Lipinski definition) is 1. The quantitative estimate of drug-likeness (QED) is 0.853. The Hall–Kier alpha value is -1.19. The van der Waals surface area contributed by atoms with Crippen LogP contribution in [0.5, 0.6) is 0 Å². The SMILES string of the molecule is CNC(Cc1ccccn1)c1ccsc1. The maximum absolute atomic E-state index is 4.34. The van der Waals surface area contributed by atoms with Crippen molar-refractivity contribution in [3.05, 3.63) is 52.5 Å². The van der Waals surface area contributed by atoms with Gasteiger partial charge in [0.15, 0.2) is 0 Å². The van der Waals surface area contributed by atoms with Crippen LogP contribution in [-0.4, -0.2) is 12.0 Å². The van der Waals surface area contributed by atoms with Gasteiger partial charge in [0.1, 0.15) is 0 Å². The van der Waals surface area contributed by atoms with E-state index >= 15 is 0 Å². The molecule has 2 nitrogen and oxygen atoms in total. The number of pyridine rings is 1. The minimum atomic E-state index is 0.367. The van der Waals surface area contributed by atoms with Crippen LogP contribution in [0.15, 0.2) is 41.2 Å². The Morgan fingerprint density at radius 3 is 2.93 bits per heavy atom. The van der Waals surface area contributed by atoms with Crippen LogP contribution in [0.1, 0.15) is 17.3 Å². The highest BCUT2D eigenvalue weighted by molar-refractivity contribution is 7.07. The molecule has 0 aliphatic carbocycles. The molecule has 2 rings (SSSR count). The summed E-state index contributed by atoms with van der Waals surface area (Å²) in [5, 5.41) is 7.61. The highest BCUT2D eigenvalue weighted by Crippen LogP contribution is 2.19. The van der Waals surface area contributed by atoms with Gasteiger partial charge in [0, 0.05) is 24.4 Å². The van der Waals surface area contributed by atoms with Crippen LogP contribution in [0, 0.1) is 0 Å². The van der Waals surface area contributed by atoms with Crippen molar-refractivity contribution in [2.75, 3.05) is 7.05 Å². The molecule has 78 valence electrons. The van der Waals surface area contributed by atoms with Crippen LogP contribution < -0.4 is 5.32 Å². The Kier molecular flexibility index (Phi) is 3.48. The van der Waals surface area contributed by atoms with Gasteiger partial charge in [-0.25, -0.2) is 0 Å². The lowest BCUT2D eigenvalue weighted by atomic mass is 10.1. The van der Waals surface area contributed by atoms with Gasteiger partial charge in [-0.15, -0.1) is 0 Å². The topological polar surface area (TPSA) is 24.9 Å². The van der Waals surface area contributed by atoms with Gasteiger partial charge in [0.05, 0.1) is 0 Å². The molecule has 2 aromatic heterocycles. The zero-order valence-electron chi connectivity index (χ0n) is 8.68. The fraction of sp³-hybridized carbons (Fsp3) is 0.250. The number of nitrogens with zero attached hydrogens (tertiary/aromatic N) is 1. The first-order chi connectivity index (χ1) is 7.40. The molecule has 0 aromatic carbocycles. The second kappa shape index (κ2) is 5.05. The molecule has 2 heterocycles. The molecule has 0 aliphatic heterocycles. The summed E-state index contributed by atoms with van der Waals surface area (Å²) in [6, 6.07) is 8.57. The lowest BCUT2D eigenvalue weighted by molar-refractivity contribution is 0.586. The van der Waals surface area contributed by atoms with E-state index < -0.39 is 0 Å². The molecule has 1 unspecified atom stereocenters. The first-order valence-corrected chi connectivity index (χ1v) is 5.93. The molecule has 15 heavy (non-hydrogen) atoms. The molecule has 1 N–H and O–H groups in total. The van der Waals surface area contributed by atoms with Crippen LogP contribution >= 0.6 is 11.3 Å². The van der Waals surface area contributed by atoms with Gasteiger partial charge in [-0.3, -0.25) is 4.98 Å². The number of rotatable bonds is 4. The maximum atomic E-state index is 4.34. The molecular weight excluding hydrogens is 204 g/mol. The summed E-state index contributed by atoms with van der Waals surface area (Å²) in [7, 11) is 1.99. The highest BCUT2D eigenvalue weighted by Gasteiger charge is 2.10. The molecule has 0 fully saturated rings. The van der Waals surface area contributed by atoms with E-state index in [0.717, 1.165) is 12.1 Å². The lowest BCUT2D eigenvalue weighted by Gasteiger charge is -2.14. The number of thiophene rings is 1. The fourth-order valence-corrected chi connectivity index (χ4v) is 2.30. The summed E-state index contributed by atoms with van der Waals surface area (Å²) in [6.07, 6.45) is 2.78. The Balaban J connectivity index is 2.10. The summed E-state index contributed by atoms with van der Waals surface area (Å²) in [6.45, 7) is 0. The number of aromatic nitrogens is 1. The number of hydrogen-bond acceptors (Lipinski definition) is 3. The summed E-state index contributed by atoms with van der Waals surface area (Å²) < 4.78 is 0. The average Bonchev–Trinajstić information content (AvgIpc) is 2.81. The molecule has 0 amide bonds. The molecule has 0 saturated carbocycles. The van der Waals surface area contributed by atoms with E-state index in [1.807, 2.05) is 25.4 Å². The van der Waals surface area contributed by atoms with E-state index in [0.29, 0.717) is 6.04 Å². The Morgan fingerprint density at radius 2 is 2.33 bits per heavy atom. The Labute approximate surface area is 94.0 Å².